The summed E-state index contributed by atoms with van der Waals surface area (Å²) in [5.41, 5.74) is 1.19. The van der Waals surface area contributed by atoms with Gasteiger partial charge in [0.15, 0.2) is 0 Å². The molecule has 0 rings (SSSR count). The maximum atomic E-state index is 4.27. The Labute approximate surface area is 133 Å². The highest BCUT2D eigenvalue weighted by Gasteiger charge is 1.99. The Balaban J connectivity index is 3.69. The zero-order valence-electron chi connectivity index (χ0n) is 15.2. The van der Waals surface area contributed by atoms with Gasteiger partial charge in [-0.05, 0) is 37.5 Å². The van der Waals surface area contributed by atoms with Crippen LogP contribution in [0.4, 0.5) is 0 Å². The van der Waals surface area contributed by atoms with E-state index in [0.29, 0.717) is 0 Å². The van der Waals surface area contributed by atoms with Crippen LogP contribution < -0.4 is 0 Å². The molecule has 0 amide bonds. The second kappa shape index (κ2) is 14.3. The number of hydrogen-bond acceptors (Lipinski definition) is 2. The molecule has 0 aliphatic rings. The molecule has 0 aromatic heterocycles. The van der Waals surface area contributed by atoms with Gasteiger partial charge in [0, 0.05) is 7.05 Å². The fourth-order valence-electron chi connectivity index (χ4n) is 2.51. The van der Waals surface area contributed by atoms with Crippen molar-refractivity contribution in [1.82, 2.24) is 0 Å². The van der Waals surface area contributed by atoms with E-state index >= 15 is 0 Å². The highest BCUT2D eigenvalue weighted by molar-refractivity contribution is 4.98. The molecule has 0 fully saturated rings. The molecule has 0 unspecified atom stereocenters. The van der Waals surface area contributed by atoms with Crippen molar-refractivity contribution in [2.24, 2.45) is 22.1 Å². The summed E-state index contributed by atoms with van der Waals surface area (Å²) in [5.74, 6) is 1.65. The summed E-state index contributed by atoms with van der Waals surface area (Å²) < 4.78 is 0. The molecule has 0 aromatic carbocycles. The average molecular weight is 295 g/mol. The molecule has 0 spiro atoms. The van der Waals surface area contributed by atoms with Gasteiger partial charge in [-0.15, -0.1) is 0 Å². The Kier molecular flexibility index (Phi) is 13.8. The van der Waals surface area contributed by atoms with Crippen molar-refractivity contribution in [2.75, 3.05) is 7.05 Å². The Morgan fingerprint density at radius 3 is 2.00 bits per heavy atom. The lowest BCUT2D eigenvalue weighted by molar-refractivity contribution is 0.515. The first kappa shape index (κ1) is 20.3. The van der Waals surface area contributed by atoms with Gasteiger partial charge in [0.2, 0.25) is 0 Å². The first-order valence-electron chi connectivity index (χ1n) is 9.05. The second-order valence-electron chi connectivity index (χ2n) is 7.02. The number of azo groups is 1. The topological polar surface area (TPSA) is 24.7 Å². The minimum Gasteiger partial charge on any atom is -0.192 e. The predicted octanol–water partition coefficient (Wildman–Crippen LogP) is 7.17. The molecule has 0 saturated heterocycles. The van der Waals surface area contributed by atoms with Crippen LogP contribution in [-0.2, 0) is 0 Å². The Bertz CT molecular complexity index is 277. The molecule has 2 nitrogen and oxygen atoms in total. The van der Waals surface area contributed by atoms with Gasteiger partial charge in [-0.25, -0.2) is 0 Å². The van der Waals surface area contributed by atoms with Crippen molar-refractivity contribution < 1.29 is 0 Å². The molecule has 0 N–H and O–H groups in total. The first-order chi connectivity index (χ1) is 10.1. The highest BCUT2D eigenvalue weighted by atomic mass is 15.1. The van der Waals surface area contributed by atoms with Crippen LogP contribution >= 0.6 is 0 Å². The Hall–Kier alpha value is -0.660. The lowest BCUT2D eigenvalue weighted by atomic mass is 10.0. The molecule has 0 atom stereocenters. The van der Waals surface area contributed by atoms with Gasteiger partial charge >= 0.3 is 0 Å². The largest absolute Gasteiger partial charge is 0.192 e. The molecule has 0 radical (unpaired) electrons. The van der Waals surface area contributed by atoms with E-state index < -0.39 is 0 Å². The third-order valence-electron chi connectivity index (χ3n) is 3.81. The number of unbranched alkanes of at least 4 members (excludes halogenated alkanes) is 5. The standard InChI is InChI=1S/C19H38N2/c1-17(2)13-10-8-6-7-9-11-15-19(21-20-5)16-12-14-18(3)4/h15,17-18H,6-14,16H2,1-5H3/b19-15-,21-20-. The maximum absolute atomic E-state index is 4.27. The summed E-state index contributed by atoms with van der Waals surface area (Å²) in [5, 5.41) is 8.22. The maximum Gasteiger partial charge on any atom is 0.0586 e. The van der Waals surface area contributed by atoms with Crippen molar-refractivity contribution >= 4 is 0 Å². The van der Waals surface area contributed by atoms with Crippen LogP contribution in [0.15, 0.2) is 22.0 Å². The Morgan fingerprint density at radius 1 is 0.810 bits per heavy atom. The summed E-state index contributed by atoms with van der Waals surface area (Å²) in [6, 6.07) is 0. The third kappa shape index (κ3) is 15.5. The monoisotopic (exact) mass is 294 g/mol. The van der Waals surface area contributed by atoms with Crippen LogP contribution in [0.3, 0.4) is 0 Å². The molecule has 0 aromatic rings. The van der Waals surface area contributed by atoms with E-state index in [9.17, 15) is 0 Å². The van der Waals surface area contributed by atoms with Crippen LogP contribution in [0.2, 0.25) is 0 Å². The van der Waals surface area contributed by atoms with Crippen molar-refractivity contribution in [2.45, 2.75) is 91.9 Å². The van der Waals surface area contributed by atoms with E-state index in [1.807, 2.05) is 0 Å². The van der Waals surface area contributed by atoms with Crippen LogP contribution in [0.5, 0.6) is 0 Å². The van der Waals surface area contributed by atoms with Gasteiger partial charge in [0.05, 0.1) is 5.70 Å². The number of nitrogens with zero attached hydrogens (tertiary/aromatic N) is 2. The van der Waals surface area contributed by atoms with E-state index in [-0.39, 0.29) is 0 Å². The van der Waals surface area contributed by atoms with Gasteiger partial charge in [-0.1, -0.05) is 72.3 Å². The van der Waals surface area contributed by atoms with Gasteiger partial charge < -0.3 is 0 Å². The fraction of sp³-hybridized carbons (Fsp3) is 0.895. The van der Waals surface area contributed by atoms with Gasteiger partial charge in [-0.2, -0.15) is 10.2 Å². The fourth-order valence-corrected chi connectivity index (χ4v) is 2.51. The molecule has 0 bridgehead atoms. The number of hydrogen-bond donors (Lipinski definition) is 0. The van der Waals surface area contributed by atoms with Crippen LogP contribution in [-0.4, -0.2) is 7.05 Å². The number of allylic oxidation sites excluding steroid dienone is 2. The molecule has 124 valence electrons. The molecule has 0 heterocycles. The summed E-state index contributed by atoms with van der Waals surface area (Å²) in [4.78, 5) is 0. The van der Waals surface area contributed by atoms with E-state index in [0.717, 1.165) is 18.3 Å². The summed E-state index contributed by atoms with van der Waals surface area (Å²) in [7, 11) is 1.77. The van der Waals surface area contributed by atoms with Crippen molar-refractivity contribution in [3.8, 4) is 0 Å². The van der Waals surface area contributed by atoms with Crippen LogP contribution in [0.1, 0.15) is 91.9 Å². The zero-order valence-corrected chi connectivity index (χ0v) is 15.2. The lowest BCUT2D eigenvalue weighted by Crippen LogP contribution is -1.89. The minimum absolute atomic E-state index is 0.788. The first-order valence-corrected chi connectivity index (χ1v) is 9.05. The van der Waals surface area contributed by atoms with Crippen molar-refractivity contribution in [3.05, 3.63) is 11.8 Å². The van der Waals surface area contributed by atoms with E-state index in [4.69, 9.17) is 0 Å². The smallest absolute Gasteiger partial charge is 0.0586 e. The van der Waals surface area contributed by atoms with E-state index in [1.165, 1.54) is 63.5 Å². The summed E-state index contributed by atoms with van der Waals surface area (Å²) in [6.07, 6.45) is 15.3. The molecular weight excluding hydrogens is 256 g/mol. The quantitative estimate of drug-likeness (QED) is 0.254. The molecule has 0 aliphatic carbocycles. The Morgan fingerprint density at radius 2 is 1.38 bits per heavy atom. The van der Waals surface area contributed by atoms with Gasteiger partial charge in [0.25, 0.3) is 0 Å². The third-order valence-corrected chi connectivity index (χ3v) is 3.81. The molecule has 2 heteroatoms. The summed E-state index contributed by atoms with van der Waals surface area (Å²) in [6.45, 7) is 9.19. The molecule has 21 heavy (non-hydrogen) atoms. The highest BCUT2D eigenvalue weighted by Crippen LogP contribution is 2.16. The summed E-state index contributed by atoms with van der Waals surface area (Å²) >= 11 is 0. The normalized spacial score (nSPS) is 13.0. The number of rotatable bonds is 13. The van der Waals surface area contributed by atoms with Gasteiger partial charge in [0.1, 0.15) is 0 Å². The predicted molar refractivity (Wildman–Crippen MR) is 94.7 cm³/mol. The average Bonchev–Trinajstić information content (AvgIpc) is 2.40. The molecule has 0 saturated carbocycles. The molecule has 0 aliphatic heterocycles. The van der Waals surface area contributed by atoms with Crippen molar-refractivity contribution in [1.29, 1.82) is 0 Å². The zero-order chi connectivity index (χ0) is 15.9. The van der Waals surface area contributed by atoms with Crippen LogP contribution in [0.25, 0.3) is 0 Å². The SMILES string of the molecule is C/N=N\C(=C/CCCCCCCC(C)C)CCCC(C)C. The lowest BCUT2D eigenvalue weighted by Gasteiger charge is -2.05. The molecular formula is C19H38N2. The van der Waals surface area contributed by atoms with Gasteiger partial charge in [-0.3, -0.25) is 0 Å². The van der Waals surface area contributed by atoms with E-state index in [2.05, 4.69) is 44.0 Å². The van der Waals surface area contributed by atoms with Crippen LogP contribution in [0, 0.1) is 11.8 Å². The second-order valence-corrected chi connectivity index (χ2v) is 7.02. The minimum atomic E-state index is 0.788. The van der Waals surface area contributed by atoms with Crippen molar-refractivity contribution in [3.63, 3.8) is 0 Å². The van der Waals surface area contributed by atoms with E-state index in [1.54, 1.807) is 7.05 Å².